The van der Waals surface area contributed by atoms with E-state index in [-0.39, 0.29) is 24.3 Å². The van der Waals surface area contributed by atoms with Crippen molar-refractivity contribution in [1.82, 2.24) is 10.2 Å². The number of methoxy groups -OCH3 is 1. The van der Waals surface area contributed by atoms with Crippen LogP contribution in [0, 0.1) is 0 Å². The molecule has 0 aliphatic carbocycles. The monoisotopic (exact) mass is 580 g/mol. The molecule has 0 unspecified atom stereocenters. The largest absolute Gasteiger partial charge is 0.497 e. The molecule has 7 heteroatoms. The summed E-state index contributed by atoms with van der Waals surface area (Å²) >= 11 is 3.53. The van der Waals surface area contributed by atoms with Crippen LogP contribution in [0.1, 0.15) is 44.2 Å². The third-order valence-electron chi connectivity index (χ3n) is 6.38. The average molecular weight is 582 g/mol. The summed E-state index contributed by atoms with van der Waals surface area (Å²) in [5, 5.41) is 3.10. The molecule has 0 radical (unpaired) electrons. The molecule has 2 atom stereocenters. The van der Waals surface area contributed by atoms with Gasteiger partial charge in [-0.15, -0.1) is 0 Å². The predicted octanol–water partition coefficient (Wildman–Crippen LogP) is 6.17. The second-order valence-corrected chi connectivity index (χ2v) is 10.2. The van der Waals surface area contributed by atoms with E-state index in [0.717, 1.165) is 33.5 Å². The van der Waals surface area contributed by atoms with Gasteiger partial charge in [-0.05, 0) is 67.3 Å². The zero-order chi connectivity index (χ0) is 27.3. The molecule has 0 saturated heterocycles. The summed E-state index contributed by atoms with van der Waals surface area (Å²) in [6.07, 6.45) is 2.05. The standard InChI is InChI=1S/C31H37BrN2O4/c1-4-23(2)33-31(36)29(21-24-10-6-5-7-11-24)34(22-25-12-8-13-26(32)20-25)30(35)14-9-19-38-28-17-15-27(37-3)16-18-28/h5-8,10-13,15-18,20,23,29H,4,9,14,19,21-22H2,1-3H3,(H,33,36)/t23-,29-/m1/s1. The Morgan fingerprint density at radius 3 is 2.29 bits per heavy atom. The normalized spacial score (nSPS) is 12.3. The number of carbonyl (C=O) groups is 2. The Hall–Kier alpha value is -3.32. The molecule has 202 valence electrons. The first-order valence-corrected chi connectivity index (χ1v) is 13.8. The Labute approximate surface area is 234 Å². The van der Waals surface area contributed by atoms with E-state index in [1.807, 2.05) is 92.7 Å². The fraction of sp³-hybridized carbons (Fsp3) is 0.355. The molecule has 2 amide bonds. The van der Waals surface area contributed by atoms with Gasteiger partial charge in [0.2, 0.25) is 11.8 Å². The Morgan fingerprint density at radius 1 is 0.947 bits per heavy atom. The highest BCUT2D eigenvalue weighted by Crippen LogP contribution is 2.20. The van der Waals surface area contributed by atoms with Gasteiger partial charge in [-0.1, -0.05) is 65.3 Å². The SMILES string of the molecule is CC[C@@H](C)NC(=O)[C@@H](Cc1ccccc1)N(Cc1cccc(Br)c1)C(=O)CCCOc1ccc(OC)cc1. The minimum Gasteiger partial charge on any atom is -0.497 e. The summed E-state index contributed by atoms with van der Waals surface area (Å²) in [4.78, 5) is 28.9. The Kier molecular flexibility index (Phi) is 11.7. The smallest absolute Gasteiger partial charge is 0.243 e. The van der Waals surface area contributed by atoms with Gasteiger partial charge in [0.1, 0.15) is 17.5 Å². The van der Waals surface area contributed by atoms with Crippen molar-refractivity contribution in [3.05, 3.63) is 94.5 Å². The van der Waals surface area contributed by atoms with Crippen molar-refractivity contribution >= 4 is 27.7 Å². The highest BCUT2D eigenvalue weighted by atomic mass is 79.9. The summed E-state index contributed by atoms with van der Waals surface area (Å²) in [6, 6.07) is 24.4. The maximum atomic E-state index is 13.7. The van der Waals surface area contributed by atoms with Gasteiger partial charge < -0.3 is 19.7 Å². The van der Waals surface area contributed by atoms with E-state index >= 15 is 0 Å². The summed E-state index contributed by atoms with van der Waals surface area (Å²) < 4.78 is 11.9. The van der Waals surface area contributed by atoms with E-state index in [1.165, 1.54) is 0 Å². The van der Waals surface area contributed by atoms with Crippen LogP contribution in [0.25, 0.3) is 0 Å². The summed E-state index contributed by atoms with van der Waals surface area (Å²) in [6.45, 7) is 4.74. The van der Waals surface area contributed by atoms with E-state index in [0.29, 0.717) is 26.0 Å². The highest BCUT2D eigenvalue weighted by molar-refractivity contribution is 9.10. The molecule has 0 aliphatic rings. The minimum absolute atomic E-state index is 0.0153. The molecule has 0 saturated carbocycles. The molecule has 0 aromatic heterocycles. The van der Waals surface area contributed by atoms with Crippen LogP contribution in [0.3, 0.4) is 0 Å². The number of nitrogens with zero attached hydrogens (tertiary/aromatic N) is 1. The second-order valence-electron chi connectivity index (χ2n) is 9.30. The van der Waals surface area contributed by atoms with Gasteiger partial charge in [0.05, 0.1) is 13.7 Å². The number of carbonyl (C=O) groups excluding carboxylic acids is 2. The van der Waals surface area contributed by atoms with E-state index in [1.54, 1.807) is 12.0 Å². The lowest BCUT2D eigenvalue weighted by atomic mass is 10.0. The number of ether oxygens (including phenoxy) is 2. The van der Waals surface area contributed by atoms with Gasteiger partial charge in [-0.25, -0.2) is 0 Å². The quantitative estimate of drug-likeness (QED) is 0.231. The van der Waals surface area contributed by atoms with Crippen LogP contribution in [-0.2, 0) is 22.6 Å². The number of rotatable bonds is 14. The number of hydrogen-bond acceptors (Lipinski definition) is 4. The van der Waals surface area contributed by atoms with Gasteiger partial charge in [0.25, 0.3) is 0 Å². The molecule has 0 bridgehead atoms. The number of amides is 2. The maximum absolute atomic E-state index is 13.7. The van der Waals surface area contributed by atoms with Gasteiger partial charge in [-0.2, -0.15) is 0 Å². The van der Waals surface area contributed by atoms with Crippen molar-refractivity contribution in [3.63, 3.8) is 0 Å². The number of halogens is 1. The molecule has 0 aliphatic heterocycles. The van der Waals surface area contributed by atoms with Crippen LogP contribution < -0.4 is 14.8 Å². The molecule has 6 nitrogen and oxygen atoms in total. The summed E-state index contributed by atoms with van der Waals surface area (Å²) in [7, 11) is 1.62. The molecular formula is C31H37BrN2O4. The minimum atomic E-state index is -0.639. The predicted molar refractivity (Wildman–Crippen MR) is 154 cm³/mol. The lowest BCUT2D eigenvalue weighted by molar-refractivity contribution is -0.141. The van der Waals surface area contributed by atoms with Crippen LogP contribution in [0.5, 0.6) is 11.5 Å². The average Bonchev–Trinajstić information content (AvgIpc) is 2.93. The number of benzene rings is 3. The van der Waals surface area contributed by atoms with Gasteiger partial charge in [0.15, 0.2) is 0 Å². The van der Waals surface area contributed by atoms with Crippen LogP contribution in [0.2, 0.25) is 0 Å². The zero-order valence-electron chi connectivity index (χ0n) is 22.4. The highest BCUT2D eigenvalue weighted by Gasteiger charge is 2.30. The third-order valence-corrected chi connectivity index (χ3v) is 6.87. The van der Waals surface area contributed by atoms with Crippen molar-refractivity contribution in [2.75, 3.05) is 13.7 Å². The lowest BCUT2D eigenvalue weighted by Crippen LogP contribution is -2.52. The van der Waals surface area contributed by atoms with Crippen LogP contribution in [0.15, 0.2) is 83.3 Å². The van der Waals surface area contributed by atoms with Crippen molar-refractivity contribution in [2.45, 2.75) is 58.2 Å². The van der Waals surface area contributed by atoms with Crippen LogP contribution >= 0.6 is 15.9 Å². The van der Waals surface area contributed by atoms with Crippen molar-refractivity contribution in [3.8, 4) is 11.5 Å². The molecule has 3 aromatic carbocycles. The van der Waals surface area contributed by atoms with Crippen LogP contribution in [-0.4, -0.2) is 42.5 Å². The molecular weight excluding hydrogens is 544 g/mol. The molecule has 0 spiro atoms. The van der Waals surface area contributed by atoms with Gasteiger partial charge in [0, 0.05) is 29.9 Å². The third kappa shape index (κ3) is 9.21. The van der Waals surface area contributed by atoms with E-state index in [9.17, 15) is 9.59 Å². The maximum Gasteiger partial charge on any atom is 0.243 e. The van der Waals surface area contributed by atoms with Crippen molar-refractivity contribution in [1.29, 1.82) is 0 Å². The Balaban J connectivity index is 1.78. The molecule has 38 heavy (non-hydrogen) atoms. The number of hydrogen-bond donors (Lipinski definition) is 1. The number of nitrogens with one attached hydrogen (secondary N) is 1. The molecule has 3 rings (SSSR count). The first kappa shape index (κ1) is 29.2. The Morgan fingerprint density at radius 2 is 1.63 bits per heavy atom. The molecule has 0 heterocycles. The summed E-state index contributed by atoms with van der Waals surface area (Å²) in [5.74, 6) is 1.26. The van der Waals surface area contributed by atoms with Crippen molar-refractivity contribution in [2.24, 2.45) is 0 Å². The van der Waals surface area contributed by atoms with Gasteiger partial charge >= 0.3 is 0 Å². The van der Waals surface area contributed by atoms with Crippen LogP contribution in [0.4, 0.5) is 0 Å². The fourth-order valence-corrected chi connectivity index (χ4v) is 4.50. The second kappa shape index (κ2) is 15.2. The zero-order valence-corrected chi connectivity index (χ0v) is 23.9. The first-order chi connectivity index (χ1) is 18.4. The Bertz CT molecular complexity index is 1150. The lowest BCUT2D eigenvalue weighted by Gasteiger charge is -2.32. The van der Waals surface area contributed by atoms with Crippen molar-refractivity contribution < 1.29 is 19.1 Å². The first-order valence-electron chi connectivity index (χ1n) is 13.0. The van der Waals surface area contributed by atoms with E-state index < -0.39 is 6.04 Å². The van der Waals surface area contributed by atoms with Gasteiger partial charge in [-0.3, -0.25) is 9.59 Å². The molecule has 3 aromatic rings. The molecule has 0 fully saturated rings. The molecule has 1 N–H and O–H groups in total. The van der Waals surface area contributed by atoms with E-state index in [4.69, 9.17) is 9.47 Å². The summed E-state index contributed by atoms with van der Waals surface area (Å²) in [5.41, 5.74) is 1.96. The van der Waals surface area contributed by atoms with E-state index in [2.05, 4.69) is 21.2 Å². The topological polar surface area (TPSA) is 67.9 Å². The fourth-order valence-electron chi connectivity index (χ4n) is 4.06.